The fourth-order valence-electron chi connectivity index (χ4n) is 2.00. The first kappa shape index (κ1) is 17.1. The standard InChI is InChI=1S/C12H12ClF3N2O.ClH/c1-11(17)5-18(6-11)10(19)8-3-2-7(4-9(8)13)12(14,15)16;/h2-4H,5-6,17H2,1H3;1H. The van der Waals surface area contributed by atoms with E-state index in [0.29, 0.717) is 13.1 Å². The molecule has 0 unspecified atom stereocenters. The van der Waals surface area contributed by atoms with E-state index in [4.69, 9.17) is 17.3 Å². The Hall–Kier alpha value is -0.980. The number of nitrogens with two attached hydrogens (primary N) is 1. The smallest absolute Gasteiger partial charge is 0.335 e. The highest BCUT2D eigenvalue weighted by Crippen LogP contribution is 2.33. The van der Waals surface area contributed by atoms with Crippen LogP contribution in [-0.4, -0.2) is 29.4 Å². The van der Waals surface area contributed by atoms with Gasteiger partial charge in [0.1, 0.15) is 0 Å². The van der Waals surface area contributed by atoms with Crippen LogP contribution in [0.25, 0.3) is 0 Å². The molecular weight excluding hydrogens is 316 g/mol. The number of carbonyl (C=O) groups is 1. The van der Waals surface area contributed by atoms with Crippen LogP contribution in [0.2, 0.25) is 5.02 Å². The van der Waals surface area contributed by atoms with Gasteiger partial charge in [-0.25, -0.2) is 0 Å². The van der Waals surface area contributed by atoms with Gasteiger partial charge in [0.15, 0.2) is 0 Å². The molecular formula is C12H13Cl2F3N2O. The SMILES string of the molecule is CC1(N)CN(C(=O)c2ccc(C(F)(F)F)cc2Cl)C1.Cl. The van der Waals surface area contributed by atoms with Gasteiger partial charge in [-0.2, -0.15) is 13.2 Å². The highest BCUT2D eigenvalue weighted by atomic mass is 35.5. The summed E-state index contributed by atoms with van der Waals surface area (Å²) in [6.45, 7) is 2.53. The largest absolute Gasteiger partial charge is 0.416 e. The molecule has 1 aliphatic rings. The summed E-state index contributed by atoms with van der Waals surface area (Å²) in [7, 11) is 0. The van der Waals surface area contributed by atoms with Crippen molar-refractivity contribution < 1.29 is 18.0 Å². The lowest BCUT2D eigenvalue weighted by Gasteiger charge is -2.45. The van der Waals surface area contributed by atoms with Crippen molar-refractivity contribution in [1.29, 1.82) is 0 Å². The molecule has 1 aliphatic heterocycles. The Morgan fingerprint density at radius 2 is 1.95 bits per heavy atom. The van der Waals surface area contributed by atoms with Crippen LogP contribution in [0, 0.1) is 0 Å². The van der Waals surface area contributed by atoms with Crippen LogP contribution in [-0.2, 0) is 6.18 Å². The summed E-state index contributed by atoms with van der Waals surface area (Å²) in [6.07, 6.45) is -4.47. The van der Waals surface area contributed by atoms with E-state index in [1.807, 2.05) is 0 Å². The quantitative estimate of drug-likeness (QED) is 0.861. The van der Waals surface area contributed by atoms with Crippen LogP contribution in [0.15, 0.2) is 18.2 Å². The molecule has 1 aromatic rings. The normalized spacial score (nSPS) is 17.2. The van der Waals surface area contributed by atoms with E-state index < -0.39 is 23.2 Å². The van der Waals surface area contributed by atoms with Gasteiger partial charge in [0.25, 0.3) is 5.91 Å². The first-order valence-corrected chi connectivity index (χ1v) is 5.93. The molecule has 20 heavy (non-hydrogen) atoms. The highest BCUT2D eigenvalue weighted by molar-refractivity contribution is 6.33. The number of carbonyl (C=O) groups excluding carboxylic acids is 1. The third-order valence-electron chi connectivity index (χ3n) is 2.92. The third kappa shape index (κ3) is 3.37. The number of halogens is 5. The van der Waals surface area contributed by atoms with Gasteiger partial charge in [0.2, 0.25) is 0 Å². The molecule has 2 N–H and O–H groups in total. The summed E-state index contributed by atoms with van der Waals surface area (Å²) in [5, 5.41) is -0.203. The monoisotopic (exact) mass is 328 g/mol. The topological polar surface area (TPSA) is 46.3 Å². The minimum atomic E-state index is -4.47. The van der Waals surface area contributed by atoms with Crippen LogP contribution in [0.1, 0.15) is 22.8 Å². The van der Waals surface area contributed by atoms with Crippen molar-refractivity contribution in [1.82, 2.24) is 4.90 Å². The van der Waals surface area contributed by atoms with Crippen molar-refractivity contribution in [2.24, 2.45) is 5.73 Å². The van der Waals surface area contributed by atoms with E-state index >= 15 is 0 Å². The predicted octanol–water partition coefficient (Wildman–Crippen LogP) is 2.95. The number of likely N-dealkylation sites (tertiary alicyclic amines) is 1. The average molecular weight is 329 g/mol. The average Bonchev–Trinajstić information content (AvgIpc) is 2.23. The first-order valence-electron chi connectivity index (χ1n) is 5.55. The summed E-state index contributed by atoms with van der Waals surface area (Å²) in [6, 6.07) is 2.70. The fraction of sp³-hybridized carbons (Fsp3) is 0.417. The highest BCUT2D eigenvalue weighted by Gasteiger charge is 2.39. The summed E-state index contributed by atoms with van der Waals surface area (Å²) < 4.78 is 37.4. The lowest BCUT2D eigenvalue weighted by atomic mass is 9.93. The maximum absolute atomic E-state index is 12.5. The molecule has 1 saturated heterocycles. The number of nitrogens with zero attached hydrogens (tertiary/aromatic N) is 1. The number of alkyl halides is 3. The molecule has 0 aliphatic carbocycles. The van der Waals surface area contributed by atoms with Gasteiger partial charge in [-0.1, -0.05) is 11.6 Å². The maximum atomic E-state index is 12.5. The van der Waals surface area contributed by atoms with Gasteiger partial charge < -0.3 is 10.6 Å². The fourth-order valence-corrected chi connectivity index (χ4v) is 2.27. The summed E-state index contributed by atoms with van der Waals surface area (Å²) in [5.41, 5.74) is 4.52. The lowest BCUT2D eigenvalue weighted by Crippen LogP contribution is -2.66. The number of hydrogen-bond acceptors (Lipinski definition) is 2. The summed E-state index contributed by atoms with van der Waals surface area (Å²) in [5.74, 6) is -0.401. The van der Waals surface area contributed by atoms with E-state index in [-0.39, 0.29) is 23.0 Å². The van der Waals surface area contributed by atoms with E-state index in [2.05, 4.69) is 0 Å². The minimum absolute atomic E-state index is 0. The zero-order valence-corrected chi connectivity index (χ0v) is 12.1. The Kier molecular flexibility index (Phi) is 4.63. The zero-order valence-electron chi connectivity index (χ0n) is 10.5. The number of amides is 1. The van der Waals surface area contributed by atoms with Crippen molar-refractivity contribution >= 4 is 29.9 Å². The third-order valence-corrected chi connectivity index (χ3v) is 3.23. The molecule has 1 aromatic carbocycles. The molecule has 0 spiro atoms. The predicted molar refractivity (Wildman–Crippen MR) is 72.2 cm³/mol. The molecule has 0 atom stereocenters. The minimum Gasteiger partial charge on any atom is -0.335 e. The van der Waals surface area contributed by atoms with Crippen molar-refractivity contribution in [2.45, 2.75) is 18.6 Å². The Morgan fingerprint density at radius 1 is 1.40 bits per heavy atom. The van der Waals surface area contributed by atoms with Crippen LogP contribution < -0.4 is 5.73 Å². The van der Waals surface area contributed by atoms with Crippen LogP contribution in [0.4, 0.5) is 13.2 Å². The molecule has 3 nitrogen and oxygen atoms in total. The van der Waals surface area contributed by atoms with E-state index in [1.54, 1.807) is 6.92 Å². The molecule has 112 valence electrons. The molecule has 0 radical (unpaired) electrons. The van der Waals surface area contributed by atoms with Crippen LogP contribution in [0.5, 0.6) is 0 Å². The Bertz CT molecular complexity index is 524. The number of hydrogen-bond donors (Lipinski definition) is 1. The van der Waals surface area contributed by atoms with Crippen molar-refractivity contribution in [3.63, 3.8) is 0 Å². The molecule has 0 saturated carbocycles. The first-order chi connectivity index (χ1) is 8.60. The zero-order chi connectivity index (χ0) is 14.4. The van der Waals surface area contributed by atoms with Crippen LogP contribution in [0.3, 0.4) is 0 Å². The molecule has 0 bridgehead atoms. The van der Waals surface area contributed by atoms with E-state index in [9.17, 15) is 18.0 Å². The molecule has 2 rings (SSSR count). The molecule has 1 heterocycles. The Morgan fingerprint density at radius 3 is 2.35 bits per heavy atom. The van der Waals surface area contributed by atoms with Crippen LogP contribution >= 0.6 is 24.0 Å². The second-order valence-electron chi connectivity index (χ2n) is 5.01. The van der Waals surface area contributed by atoms with Crippen molar-refractivity contribution in [3.05, 3.63) is 34.3 Å². The maximum Gasteiger partial charge on any atom is 0.416 e. The van der Waals surface area contributed by atoms with Gasteiger partial charge in [-0.15, -0.1) is 12.4 Å². The second kappa shape index (κ2) is 5.42. The Balaban J connectivity index is 0.00000200. The molecule has 0 aromatic heterocycles. The van der Waals surface area contributed by atoms with Gasteiger partial charge in [-0.05, 0) is 25.1 Å². The lowest BCUT2D eigenvalue weighted by molar-refractivity contribution is -0.137. The molecule has 1 fully saturated rings. The van der Waals surface area contributed by atoms with Crippen molar-refractivity contribution in [2.75, 3.05) is 13.1 Å². The molecule has 1 amide bonds. The van der Waals surface area contributed by atoms with Gasteiger partial charge in [0.05, 0.1) is 16.1 Å². The summed E-state index contributed by atoms with van der Waals surface area (Å²) >= 11 is 5.75. The molecule has 8 heteroatoms. The summed E-state index contributed by atoms with van der Waals surface area (Å²) in [4.78, 5) is 13.5. The number of benzene rings is 1. The van der Waals surface area contributed by atoms with Gasteiger partial charge >= 0.3 is 6.18 Å². The van der Waals surface area contributed by atoms with Crippen molar-refractivity contribution in [3.8, 4) is 0 Å². The van der Waals surface area contributed by atoms with E-state index in [0.717, 1.165) is 18.2 Å². The Labute approximate surface area is 125 Å². The van der Waals surface area contributed by atoms with Gasteiger partial charge in [-0.3, -0.25) is 4.79 Å². The van der Waals surface area contributed by atoms with Gasteiger partial charge in [0, 0.05) is 18.6 Å². The number of rotatable bonds is 1. The second-order valence-corrected chi connectivity index (χ2v) is 5.41. The van der Waals surface area contributed by atoms with E-state index in [1.165, 1.54) is 4.90 Å².